The first-order valence-corrected chi connectivity index (χ1v) is 14.1. The van der Waals surface area contributed by atoms with Gasteiger partial charge >= 0.3 is 5.97 Å². The van der Waals surface area contributed by atoms with Gasteiger partial charge in [0.15, 0.2) is 0 Å². The van der Waals surface area contributed by atoms with Gasteiger partial charge in [-0.2, -0.15) is 0 Å². The molecule has 1 aromatic heterocycles. The van der Waals surface area contributed by atoms with E-state index in [1.54, 1.807) is 12.1 Å². The first-order chi connectivity index (χ1) is 18.1. The molecular weight excluding hydrogens is 471 g/mol. The maximum Gasteiger partial charge on any atom is 0.325 e. The Balaban J connectivity index is 1.13. The van der Waals surface area contributed by atoms with Crippen molar-refractivity contribution in [3.63, 3.8) is 0 Å². The summed E-state index contributed by atoms with van der Waals surface area (Å²) in [5.41, 5.74) is 4.80. The first kappa shape index (κ1) is 26.3. The van der Waals surface area contributed by atoms with Crippen molar-refractivity contribution in [3.8, 4) is 0 Å². The number of unbranched alkanes of at least 4 members (excludes halogenated alkanes) is 1. The van der Waals surface area contributed by atoms with E-state index in [1.807, 2.05) is 4.90 Å². The Morgan fingerprint density at radius 1 is 1.14 bits per heavy atom. The van der Waals surface area contributed by atoms with Gasteiger partial charge in [0.05, 0.1) is 12.2 Å². The fourth-order valence-electron chi connectivity index (χ4n) is 6.14. The van der Waals surface area contributed by atoms with Gasteiger partial charge in [0.2, 0.25) is 0 Å². The minimum absolute atomic E-state index is 0.00772. The molecule has 0 saturated carbocycles. The molecule has 37 heavy (non-hydrogen) atoms. The Bertz CT molecular complexity index is 1070. The summed E-state index contributed by atoms with van der Waals surface area (Å²) in [6.45, 7) is 2.38. The first-order valence-electron chi connectivity index (χ1n) is 14.1. The van der Waals surface area contributed by atoms with E-state index < -0.39 is 12.0 Å². The summed E-state index contributed by atoms with van der Waals surface area (Å²) in [5.74, 6) is -1.34. The van der Waals surface area contributed by atoms with Gasteiger partial charge in [-0.25, -0.2) is 4.39 Å². The number of hydrogen-bond donors (Lipinski definition) is 1. The van der Waals surface area contributed by atoms with Crippen molar-refractivity contribution in [2.24, 2.45) is 0 Å². The van der Waals surface area contributed by atoms with Crippen molar-refractivity contribution in [3.05, 3.63) is 64.2 Å². The number of fused-ring (bicyclic) bond motifs is 1. The van der Waals surface area contributed by atoms with Crippen LogP contribution in [0, 0.1) is 5.82 Å². The number of halogens is 1. The van der Waals surface area contributed by atoms with E-state index in [0.717, 1.165) is 51.4 Å². The third-order valence-corrected chi connectivity index (χ3v) is 8.08. The maximum atomic E-state index is 14.9. The van der Waals surface area contributed by atoms with E-state index in [9.17, 15) is 14.3 Å². The number of carboxylic acids is 1. The molecule has 0 amide bonds. The summed E-state index contributed by atoms with van der Waals surface area (Å²) in [6, 6.07) is 8.28. The number of carbonyl (C=O) groups is 1. The Morgan fingerprint density at radius 3 is 2.86 bits per heavy atom. The van der Waals surface area contributed by atoms with Crippen molar-refractivity contribution in [1.29, 1.82) is 0 Å². The molecule has 7 heteroatoms. The van der Waals surface area contributed by atoms with Crippen LogP contribution in [0.4, 0.5) is 4.39 Å². The lowest BCUT2D eigenvalue weighted by atomic mass is 9.91. The van der Waals surface area contributed by atoms with E-state index in [1.165, 1.54) is 35.9 Å². The van der Waals surface area contributed by atoms with Crippen LogP contribution in [0.5, 0.6) is 0 Å². The largest absolute Gasteiger partial charge is 0.480 e. The van der Waals surface area contributed by atoms with Gasteiger partial charge in [-0.15, -0.1) is 0 Å². The van der Waals surface area contributed by atoms with E-state index in [2.05, 4.69) is 12.1 Å². The molecule has 1 aliphatic carbocycles. The van der Waals surface area contributed by atoms with Crippen molar-refractivity contribution >= 4 is 5.97 Å². The molecule has 2 fully saturated rings. The van der Waals surface area contributed by atoms with Crippen molar-refractivity contribution in [1.82, 2.24) is 9.88 Å². The fraction of sp³-hybridized carbons (Fsp3) is 0.600. The lowest BCUT2D eigenvalue weighted by Crippen LogP contribution is -2.35. The number of benzene rings is 1. The Kier molecular flexibility index (Phi) is 8.85. The van der Waals surface area contributed by atoms with Crippen LogP contribution in [-0.4, -0.2) is 53.4 Å². The molecule has 2 saturated heterocycles. The molecule has 2 unspecified atom stereocenters. The monoisotopic (exact) mass is 510 g/mol. The van der Waals surface area contributed by atoms with Crippen LogP contribution in [-0.2, 0) is 33.5 Å². The summed E-state index contributed by atoms with van der Waals surface area (Å²) < 4.78 is 26.9. The molecule has 3 aliphatic rings. The highest BCUT2D eigenvalue weighted by molar-refractivity contribution is 5.76. The smallest absolute Gasteiger partial charge is 0.325 e. The molecule has 3 heterocycles. The molecule has 2 aromatic rings. The second kappa shape index (κ2) is 12.5. The van der Waals surface area contributed by atoms with Crippen molar-refractivity contribution in [2.75, 3.05) is 26.3 Å². The third kappa shape index (κ3) is 6.39. The maximum absolute atomic E-state index is 14.9. The predicted octanol–water partition coefficient (Wildman–Crippen LogP) is 5.58. The summed E-state index contributed by atoms with van der Waals surface area (Å²) in [6.07, 6.45) is 10.7. The van der Waals surface area contributed by atoms with Crippen LogP contribution < -0.4 is 0 Å². The van der Waals surface area contributed by atoms with Crippen LogP contribution in [0.15, 0.2) is 30.3 Å². The average molecular weight is 511 g/mol. The number of rotatable bonds is 10. The lowest BCUT2D eigenvalue weighted by Gasteiger charge is -2.30. The average Bonchev–Trinajstić information content (AvgIpc) is 3.37. The van der Waals surface area contributed by atoms with Gasteiger partial charge in [-0.1, -0.05) is 18.2 Å². The second-order valence-corrected chi connectivity index (χ2v) is 10.7. The molecule has 0 spiro atoms. The molecule has 0 radical (unpaired) electrons. The van der Waals surface area contributed by atoms with Gasteiger partial charge < -0.3 is 14.6 Å². The van der Waals surface area contributed by atoms with Crippen LogP contribution >= 0.6 is 0 Å². The second-order valence-electron chi connectivity index (χ2n) is 10.7. The van der Waals surface area contributed by atoms with E-state index in [4.69, 9.17) is 14.5 Å². The van der Waals surface area contributed by atoms with Gasteiger partial charge in [-0.3, -0.25) is 14.7 Å². The highest BCUT2D eigenvalue weighted by Gasteiger charge is 2.37. The summed E-state index contributed by atoms with van der Waals surface area (Å²) in [7, 11) is 0. The van der Waals surface area contributed by atoms with Crippen molar-refractivity contribution in [2.45, 2.75) is 88.9 Å². The molecule has 1 N–H and O–H groups in total. The van der Waals surface area contributed by atoms with E-state index in [-0.39, 0.29) is 18.0 Å². The topological polar surface area (TPSA) is 71.9 Å². The Hall–Kier alpha value is -2.35. The molecule has 6 nitrogen and oxygen atoms in total. The summed E-state index contributed by atoms with van der Waals surface area (Å²) in [5, 5.41) is 10.2. The van der Waals surface area contributed by atoms with Gasteiger partial charge in [-0.05, 0) is 93.9 Å². The molecule has 0 bridgehead atoms. The zero-order chi connectivity index (χ0) is 25.6. The number of hydrogen-bond acceptors (Lipinski definition) is 5. The number of nitrogens with zero attached hydrogens (tertiary/aromatic N) is 2. The standard InChI is InChI=1S/C30H39FN2O4/c31-25-11-7-10-24(28(25)27-13-4-6-19-37-27)29(30(34)35)33-17-16-23(20-33)36-18-5-3-9-22-15-14-21-8-1-2-12-26(21)32-22/h7,10-11,14-15,23,27,29H,1-6,8-9,12-13,16-20H2,(H,34,35)/t23-,27?,29?/m1/s1. The fourth-order valence-corrected chi connectivity index (χ4v) is 6.14. The van der Waals surface area contributed by atoms with Gasteiger partial charge in [0, 0.05) is 43.3 Å². The normalized spacial score (nSPS) is 23.1. The number of pyridine rings is 1. The molecule has 2 aliphatic heterocycles. The highest BCUT2D eigenvalue weighted by atomic mass is 19.1. The molecule has 1 aromatic carbocycles. The van der Waals surface area contributed by atoms with Crippen LogP contribution in [0.25, 0.3) is 0 Å². The Labute approximate surface area is 219 Å². The van der Waals surface area contributed by atoms with Crippen LogP contribution in [0.1, 0.15) is 91.6 Å². The van der Waals surface area contributed by atoms with Gasteiger partial charge in [0.25, 0.3) is 0 Å². The SMILES string of the molecule is O=C(O)C(c1cccc(F)c1C1CCCCO1)N1CC[C@@H](OCCCCc2ccc3c(n2)CCCC3)C1. The lowest BCUT2D eigenvalue weighted by molar-refractivity contribution is -0.143. The van der Waals surface area contributed by atoms with Gasteiger partial charge in [0.1, 0.15) is 11.9 Å². The number of carboxylic acid groups (broad SMARTS) is 1. The third-order valence-electron chi connectivity index (χ3n) is 8.08. The summed E-state index contributed by atoms with van der Waals surface area (Å²) in [4.78, 5) is 19.2. The zero-order valence-corrected chi connectivity index (χ0v) is 21.7. The number of aryl methyl sites for hydroxylation is 3. The molecule has 200 valence electrons. The van der Waals surface area contributed by atoms with E-state index in [0.29, 0.717) is 43.9 Å². The minimum Gasteiger partial charge on any atom is -0.480 e. The zero-order valence-electron chi connectivity index (χ0n) is 21.7. The van der Waals surface area contributed by atoms with Crippen LogP contribution in [0.2, 0.25) is 0 Å². The van der Waals surface area contributed by atoms with Crippen LogP contribution in [0.3, 0.4) is 0 Å². The number of likely N-dealkylation sites (tertiary alicyclic amines) is 1. The number of ether oxygens (including phenoxy) is 2. The molecular formula is C30H39FN2O4. The molecule has 5 rings (SSSR count). The highest BCUT2D eigenvalue weighted by Crippen LogP contribution is 2.37. The minimum atomic E-state index is -0.958. The Morgan fingerprint density at radius 2 is 2.03 bits per heavy atom. The number of aliphatic carboxylic acids is 1. The predicted molar refractivity (Wildman–Crippen MR) is 139 cm³/mol. The summed E-state index contributed by atoms with van der Waals surface area (Å²) >= 11 is 0. The number of aromatic nitrogens is 1. The van der Waals surface area contributed by atoms with E-state index >= 15 is 0 Å². The quantitative estimate of drug-likeness (QED) is 0.421. The van der Waals surface area contributed by atoms with Crippen molar-refractivity contribution < 1.29 is 23.8 Å². The molecule has 3 atom stereocenters.